The summed E-state index contributed by atoms with van der Waals surface area (Å²) in [5.74, 6) is -2.98. The fourth-order valence-electron chi connectivity index (χ4n) is 1.64. The van der Waals surface area contributed by atoms with E-state index in [4.69, 9.17) is 5.26 Å². The van der Waals surface area contributed by atoms with Crippen LogP contribution in [-0.2, 0) is 0 Å². The first-order valence-electron chi connectivity index (χ1n) is 5.51. The van der Waals surface area contributed by atoms with Crippen LogP contribution in [0.4, 0.5) is 14.5 Å². The Hall–Kier alpha value is -2.94. The lowest BCUT2D eigenvalue weighted by Gasteiger charge is -2.09. The van der Waals surface area contributed by atoms with E-state index in [0.29, 0.717) is 0 Å². The number of rotatable bonds is 2. The van der Waals surface area contributed by atoms with Crippen LogP contribution in [-0.4, -0.2) is 11.0 Å². The van der Waals surface area contributed by atoms with Gasteiger partial charge in [0, 0.05) is 0 Å². The number of phenolic OH excluding ortho intramolecular Hbond substituents is 1. The largest absolute Gasteiger partial charge is 0.507 e. The summed E-state index contributed by atoms with van der Waals surface area (Å²) in [5.41, 5.74) is -0.614. The normalized spacial score (nSPS) is 9.85. The SMILES string of the molecule is N#Cc1cc(F)ccc1NC(=O)c1c(O)cccc1F. The number of carbonyl (C=O) groups is 1. The van der Waals surface area contributed by atoms with Crippen LogP contribution in [0.25, 0.3) is 0 Å². The lowest BCUT2D eigenvalue weighted by atomic mass is 10.1. The van der Waals surface area contributed by atoms with Crippen LogP contribution in [0.2, 0.25) is 0 Å². The summed E-state index contributed by atoms with van der Waals surface area (Å²) >= 11 is 0. The summed E-state index contributed by atoms with van der Waals surface area (Å²) in [5, 5.41) is 20.6. The number of nitrogens with one attached hydrogen (secondary N) is 1. The van der Waals surface area contributed by atoms with E-state index < -0.39 is 28.9 Å². The molecule has 0 aliphatic carbocycles. The van der Waals surface area contributed by atoms with Gasteiger partial charge in [-0.25, -0.2) is 8.78 Å². The molecule has 2 aromatic rings. The van der Waals surface area contributed by atoms with E-state index in [0.717, 1.165) is 24.3 Å². The van der Waals surface area contributed by atoms with E-state index in [-0.39, 0.29) is 11.3 Å². The van der Waals surface area contributed by atoms with Crippen molar-refractivity contribution in [2.75, 3.05) is 5.32 Å². The number of carbonyl (C=O) groups excluding carboxylic acids is 1. The Kier molecular flexibility index (Phi) is 3.62. The standard InChI is InChI=1S/C14H8F2N2O2/c15-9-4-5-11(8(6-9)7-17)18-14(20)13-10(16)2-1-3-12(13)19/h1-6,19H,(H,18,20). The van der Waals surface area contributed by atoms with Crippen molar-refractivity contribution in [1.29, 1.82) is 5.26 Å². The van der Waals surface area contributed by atoms with Gasteiger partial charge < -0.3 is 10.4 Å². The van der Waals surface area contributed by atoms with Gasteiger partial charge in [0.2, 0.25) is 0 Å². The van der Waals surface area contributed by atoms with Crippen LogP contribution in [0.3, 0.4) is 0 Å². The molecule has 0 spiro atoms. The zero-order valence-corrected chi connectivity index (χ0v) is 10.0. The summed E-state index contributed by atoms with van der Waals surface area (Å²) in [6.45, 7) is 0. The number of anilines is 1. The Morgan fingerprint density at radius 1 is 1.25 bits per heavy atom. The maximum Gasteiger partial charge on any atom is 0.262 e. The second-order valence-corrected chi connectivity index (χ2v) is 3.89. The maximum atomic E-state index is 13.5. The maximum absolute atomic E-state index is 13.5. The highest BCUT2D eigenvalue weighted by molar-refractivity contribution is 6.06. The minimum atomic E-state index is -0.927. The molecule has 2 aromatic carbocycles. The molecule has 0 radical (unpaired) electrons. The minimum Gasteiger partial charge on any atom is -0.507 e. The molecular weight excluding hydrogens is 266 g/mol. The molecule has 0 aromatic heterocycles. The van der Waals surface area contributed by atoms with Crippen LogP contribution in [0.5, 0.6) is 5.75 Å². The molecule has 4 nitrogen and oxygen atoms in total. The minimum absolute atomic E-state index is 0.0292. The van der Waals surface area contributed by atoms with E-state index >= 15 is 0 Å². The zero-order valence-electron chi connectivity index (χ0n) is 10.0. The average Bonchev–Trinajstić information content (AvgIpc) is 2.40. The first kappa shape index (κ1) is 13.5. The van der Waals surface area contributed by atoms with Gasteiger partial charge in [-0.15, -0.1) is 0 Å². The van der Waals surface area contributed by atoms with Crippen molar-refractivity contribution in [3.63, 3.8) is 0 Å². The third kappa shape index (κ3) is 2.57. The molecule has 1 amide bonds. The zero-order chi connectivity index (χ0) is 14.7. The Morgan fingerprint density at radius 2 is 2.00 bits per heavy atom. The molecule has 0 aliphatic heterocycles. The molecule has 2 N–H and O–H groups in total. The van der Waals surface area contributed by atoms with Gasteiger partial charge in [-0.05, 0) is 30.3 Å². The third-order valence-corrected chi connectivity index (χ3v) is 2.57. The molecule has 6 heteroatoms. The molecular formula is C14H8F2N2O2. The highest BCUT2D eigenvalue weighted by Gasteiger charge is 2.17. The number of hydrogen-bond donors (Lipinski definition) is 2. The number of hydrogen-bond acceptors (Lipinski definition) is 3. The molecule has 0 fully saturated rings. The number of nitriles is 1. The molecule has 0 saturated carbocycles. The summed E-state index contributed by atoms with van der Waals surface area (Å²) in [7, 11) is 0. The second kappa shape index (κ2) is 5.36. The molecule has 0 heterocycles. The van der Waals surface area contributed by atoms with Gasteiger partial charge in [0.15, 0.2) is 0 Å². The van der Waals surface area contributed by atoms with Crippen molar-refractivity contribution in [3.05, 3.63) is 59.2 Å². The van der Waals surface area contributed by atoms with Crippen LogP contribution >= 0.6 is 0 Å². The van der Waals surface area contributed by atoms with E-state index in [1.54, 1.807) is 6.07 Å². The fourth-order valence-corrected chi connectivity index (χ4v) is 1.64. The van der Waals surface area contributed by atoms with E-state index in [2.05, 4.69) is 5.32 Å². The summed E-state index contributed by atoms with van der Waals surface area (Å²) < 4.78 is 26.5. The Balaban J connectivity index is 2.36. The van der Waals surface area contributed by atoms with Gasteiger partial charge in [0.1, 0.15) is 29.0 Å². The van der Waals surface area contributed by atoms with Crippen LogP contribution in [0, 0.1) is 23.0 Å². The van der Waals surface area contributed by atoms with Gasteiger partial charge in [-0.1, -0.05) is 6.07 Å². The van der Waals surface area contributed by atoms with E-state index in [1.807, 2.05) is 0 Å². The van der Waals surface area contributed by atoms with Crippen molar-refractivity contribution in [2.45, 2.75) is 0 Å². The first-order valence-corrected chi connectivity index (χ1v) is 5.51. The topological polar surface area (TPSA) is 73.1 Å². The Morgan fingerprint density at radius 3 is 2.65 bits per heavy atom. The quantitative estimate of drug-likeness (QED) is 0.884. The van der Waals surface area contributed by atoms with Crippen molar-refractivity contribution in [1.82, 2.24) is 0 Å². The summed E-state index contributed by atoms with van der Waals surface area (Å²) in [4.78, 5) is 11.9. The first-order chi connectivity index (χ1) is 9.52. The fraction of sp³-hybridized carbons (Fsp3) is 0. The number of benzene rings is 2. The highest BCUT2D eigenvalue weighted by Crippen LogP contribution is 2.23. The Bertz CT molecular complexity index is 703. The second-order valence-electron chi connectivity index (χ2n) is 3.89. The van der Waals surface area contributed by atoms with Crippen molar-refractivity contribution in [3.8, 4) is 11.8 Å². The molecule has 2 rings (SSSR count). The number of nitrogens with zero attached hydrogens (tertiary/aromatic N) is 1. The van der Waals surface area contributed by atoms with Crippen molar-refractivity contribution >= 4 is 11.6 Å². The van der Waals surface area contributed by atoms with Gasteiger partial charge in [0.05, 0.1) is 11.3 Å². The number of aromatic hydroxyl groups is 1. The molecule has 0 bridgehead atoms. The smallest absolute Gasteiger partial charge is 0.262 e. The highest BCUT2D eigenvalue weighted by atomic mass is 19.1. The predicted octanol–water partition coefficient (Wildman–Crippen LogP) is 2.79. The van der Waals surface area contributed by atoms with Gasteiger partial charge in [-0.2, -0.15) is 5.26 Å². The third-order valence-electron chi connectivity index (χ3n) is 2.57. The summed E-state index contributed by atoms with van der Waals surface area (Å²) in [6.07, 6.45) is 0. The molecule has 0 atom stereocenters. The van der Waals surface area contributed by atoms with Crippen LogP contribution in [0.1, 0.15) is 15.9 Å². The lowest BCUT2D eigenvalue weighted by Crippen LogP contribution is -2.15. The predicted molar refractivity (Wildman–Crippen MR) is 67.1 cm³/mol. The van der Waals surface area contributed by atoms with E-state index in [1.165, 1.54) is 12.1 Å². The van der Waals surface area contributed by atoms with Gasteiger partial charge >= 0.3 is 0 Å². The monoisotopic (exact) mass is 274 g/mol. The molecule has 20 heavy (non-hydrogen) atoms. The Labute approximate surface area is 112 Å². The van der Waals surface area contributed by atoms with Crippen molar-refractivity contribution < 1.29 is 18.7 Å². The van der Waals surface area contributed by atoms with Gasteiger partial charge in [0.25, 0.3) is 5.91 Å². The molecule has 0 saturated heterocycles. The average molecular weight is 274 g/mol. The van der Waals surface area contributed by atoms with Crippen LogP contribution in [0.15, 0.2) is 36.4 Å². The summed E-state index contributed by atoms with van der Waals surface area (Å²) in [6, 6.07) is 8.32. The lowest BCUT2D eigenvalue weighted by molar-refractivity contribution is 0.102. The van der Waals surface area contributed by atoms with E-state index in [9.17, 15) is 18.7 Å². The molecule has 100 valence electrons. The molecule has 0 unspecified atom stereocenters. The van der Waals surface area contributed by atoms with Crippen molar-refractivity contribution in [2.24, 2.45) is 0 Å². The number of amides is 1. The van der Waals surface area contributed by atoms with Crippen LogP contribution < -0.4 is 5.32 Å². The molecule has 0 aliphatic rings. The number of phenols is 1. The van der Waals surface area contributed by atoms with Gasteiger partial charge in [-0.3, -0.25) is 4.79 Å². The number of halogens is 2.